The van der Waals surface area contributed by atoms with E-state index in [2.05, 4.69) is 11.4 Å². The molecule has 27 heavy (non-hydrogen) atoms. The van der Waals surface area contributed by atoms with Crippen LogP contribution in [-0.2, 0) is 20.7 Å². The molecule has 142 valence electrons. The maximum absolute atomic E-state index is 12.4. The van der Waals surface area contributed by atoms with Crippen LogP contribution < -0.4 is 5.32 Å². The molecule has 1 aromatic heterocycles. The fraction of sp³-hybridized carbons (Fsp3) is 0.381. The number of fused-ring (bicyclic) bond motifs is 1. The summed E-state index contributed by atoms with van der Waals surface area (Å²) in [6.45, 7) is 1.56. The SMILES string of the molecule is C[C@@H](OC(=O)CCC(=O)c1cccs1)C(=O)N[C@H]1CCCc2ccccc21. The average molecular weight is 385 g/mol. The van der Waals surface area contributed by atoms with E-state index in [-0.39, 0.29) is 30.6 Å². The lowest BCUT2D eigenvalue weighted by Gasteiger charge is -2.27. The quantitative estimate of drug-likeness (QED) is 0.581. The van der Waals surface area contributed by atoms with Crippen LogP contribution in [0.25, 0.3) is 0 Å². The van der Waals surface area contributed by atoms with Crippen molar-refractivity contribution < 1.29 is 19.1 Å². The topological polar surface area (TPSA) is 72.5 Å². The zero-order valence-corrected chi connectivity index (χ0v) is 16.1. The summed E-state index contributed by atoms with van der Waals surface area (Å²) in [6.07, 6.45) is 2.08. The highest BCUT2D eigenvalue weighted by atomic mass is 32.1. The highest BCUT2D eigenvalue weighted by molar-refractivity contribution is 7.12. The first-order chi connectivity index (χ1) is 13.0. The molecule has 2 atom stereocenters. The maximum atomic E-state index is 12.4. The summed E-state index contributed by atoms with van der Waals surface area (Å²) in [5.41, 5.74) is 2.39. The standard InChI is InChI=1S/C21H23NO4S/c1-14(26-20(24)12-11-18(23)19-10-5-13-27-19)21(25)22-17-9-4-7-15-6-2-3-8-16(15)17/h2-3,5-6,8,10,13-14,17H,4,7,9,11-12H2,1H3,(H,22,25)/t14-,17+/m1/s1. The van der Waals surface area contributed by atoms with E-state index in [0.29, 0.717) is 4.88 Å². The van der Waals surface area contributed by atoms with Crippen molar-refractivity contribution in [1.29, 1.82) is 0 Å². The van der Waals surface area contributed by atoms with E-state index in [4.69, 9.17) is 4.74 Å². The Balaban J connectivity index is 1.48. The molecule has 5 nitrogen and oxygen atoms in total. The minimum Gasteiger partial charge on any atom is -0.453 e. The Kier molecular flexibility index (Phi) is 6.40. The smallest absolute Gasteiger partial charge is 0.307 e. The molecular formula is C21H23NO4S. The van der Waals surface area contributed by atoms with Crippen LogP contribution in [0.3, 0.4) is 0 Å². The summed E-state index contributed by atoms with van der Waals surface area (Å²) in [6, 6.07) is 11.6. The van der Waals surface area contributed by atoms with Gasteiger partial charge in [0.05, 0.1) is 17.3 Å². The van der Waals surface area contributed by atoms with Gasteiger partial charge in [0, 0.05) is 6.42 Å². The Hall–Kier alpha value is -2.47. The third kappa shape index (κ3) is 5.04. The third-order valence-electron chi connectivity index (χ3n) is 4.72. The van der Waals surface area contributed by atoms with E-state index >= 15 is 0 Å². The molecule has 0 saturated carbocycles. The molecule has 1 aliphatic rings. The fourth-order valence-electron chi connectivity index (χ4n) is 3.28. The van der Waals surface area contributed by atoms with Gasteiger partial charge in [-0.05, 0) is 48.8 Å². The van der Waals surface area contributed by atoms with Gasteiger partial charge in [-0.1, -0.05) is 30.3 Å². The number of rotatable bonds is 7. The zero-order valence-electron chi connectivity index (χ0n) is 15.3. The number of Topliss-reactive ketones (excluding diaryl/α,β-unsaturated/α-hetero) is 1. The Morgan fingerprint density at radius 2 is 2.00 bits per heavy atom. The lowest BCUT2D eigenvalue weighted by atomic mass is 9.87. The van der Waals surface area contributed by atoms with Crippen molar-refractivity contribution in [3.05, 3.63) is 57.8 Å². The van der Waals surface area contributed by atoms with Gasteiger partial charge in [0.2, 0.25) is 0 Å². The van der Waals surface area contributed by atoms with E-state index in [1.807, 2.05) is 23.6 Å². The minimum absolute atomic E-state index is 0.0272. The number of carbonyl (C=O) groups excluding carboxylic acids is 3. The van der Waals surface area contributed by atoms with Crippen LogP contribution in [0, 0.1) is 0 Å². The molecule has 3 rings (SSSR count). The lowest BCUT2D eigenvalue weighted by Crippen LogP contribution is -2.39. The van der Waals surface area contributed by atoms with E-state index in [0.717, 1.165) is 24.8 Å². The molecule has 0 saturated heterocycles. The van der Waals surface area contributed by atoms with Gasteiger partial charge in [0.15, 0.2) is 11.9 Å². The van der Waals surface area contributed by atoms with Gasteiger partial charge in [0.1, 0.15) is 0 Å². The number of ether oxygens (including phenoxy) is 1. The Morgan fingerprint density at radius 3 is 2.78 bits per heavy atom. The van der Waals surface area contributed by atoms with Crippen molar-refractivity contribution >= 4 is 29.0 Å². The van der Waals surface area contributed by atoms with E-state index < -0.39 is 12.1 Å². The van der Waals surface area contributed by atoms with E-state index in [1.165, 1.54) is 16.9 Å². The van der Waals surface area contributed by atoms with Gasteiger partial charge < -0.3 is 10.1 Å². The summed E-state index contributed by atoms with van der Waals surface area (Å²) in [7, 11) is 0. The summed E-state index contributed by atoms with van der Waals surface area (Å²) >= 11 is 1.35. The summed E-state index contributed by atoms with van der Waals surface area (Å²) in [5.74, 6) is -0.931. The summed E-state index contributed by atoms with van der Waals surface area (Å²) in [5, 5.41) is 4.81. The first-order valence-electron chi connectivity index (χ1n) is 9.19. The molecule has 0 radical (unpaired) electrons. The predicted octanol–water partition coefficient (Wildman–Crippen LogP) is 3.84. The molecule has 0 bridgehead atoms. The van der Waals surface area contributed by atoms with Gasteiger partial charge in [0.25, 0.3) is 5.91 Å². The second-order valence-corrected chi connectivity index (χ2v) is 7.63. The molecule has 1 amide bonds. The number of thiophene rings is 1. The monoisotopic (exact) mass is 385 g/mol. The minimum atomic E-state index is -0.886. The molecule has 0 aliphatic heterocycles. The molecule has 6 heteroatoms. The van der Waals surface area contributed by atoms with Gasteiger partial charge in [-0.25, -0.2) is 0 Å². The number of hydrogen-bond donors (Lipinski definition) is 1. The number of hydrogen-bond acceptors (Lipinski definition) is 5. The van der Waals surface area contributed by atoms with Crippen LogP contribution in [-0.4, -0.2) is 23.8 Å². The highest BCUT2D eigenvalue weighted by Crippen LogP contribution is 2.29. The molecule has 1 heterocycles. The van der Waals surface area contributed by atoms with Crippen LogP contribution in [0.15, 0.2) is 41.8 Å². The molecule has 1 aliphatic carbocycles. The first kappa shape index (κ1) is 19.3. The van der Waals surface area contributed by atoms with Crippen LogP contribution in [0.5, 0.6) is 0 Å². The largest absolute Gasteiger partial charge is 0.453 e. The fourth-order valence-corrected chi connectivity index (χ4v) is 3.97. The van der Waals surface area contributed by atoms with Crippen molar-refractivity contribution in [3.63, 3.8) is 0 Å². The molecule has 0 fully saturated rings. The normalized spacial score (nSPS) is 16.9. The number of ketones is 1. The number of carbonyl (C=O) groups is 3. The maximum Gasteiger partial charge on any atom is 0.307 e. The second-order valence-electron chi connectivity index (χ2n) is 6.68. The molecule has 2 aromatic rings. The number of esters is 1. The molecule has 0 spiro atoms. The summed E-state index contributed by atoms with van der Waals surface area (Å²) in [4.78, 5) is 37.0. The Morgan fingerprint density at radius 1 is 1.19 bits per heavy atom. The Labute approximate surface area is 162 Å². The van der Waals surface area contributed by atoms with Crippen molar-refractivity contribution in [2.45, 2.75) is 51.2 Å². The molecule has 1 N–H and O–H groups in total. The molecule has 0 unspecified atom stereocenters. The molecular weight excluding hydrogens is 362 g/mol. The van der Waals surface area contributed by atoms with E-state index in [1.54, 1.807) is 19.1 Å². The zero-order chi connectivity index (χ0) is 19.2. The van der Waals surface area contributed by atoms with Crippen LogP contribution in [0.4, 0.5) is 0 Å². The van der Waals surface area contributed by atoms with Gasteiger partial charge in [-0.15, -0.1) is 11.3 Å². The van der Waals surface area contributed by atoms with Gasteiger partial charge >= 0.3 is 5.97 Å². The number of benzene rings is 1. The van der Waals surface area contributed by atoms with Crippen molar-refractivity contribution in [2.75, 3.05) is 0 Å². The van der Waals surface area contributed by atoms with Gasteiger partial charge in [-0.3, -0.25) is 14.4 Å². The molecule has 1 aromatic carbocycles. The lowest BCUT2D eigenvalue weighted by molar-refractivity contribution is -0.155. The van der Waals surface area contributed by atoms with Crippen LogP contribution in [0.2, 0.25) is 0 Å². The van der Waals surface area contributed by atoms with Crippen molar-refractivity contribution in [2.24, 2.45) is 0 Å². The van der Waals surface area contributed by atoms with Crippen LogP contribution >= 0.6 is 11.3 Å². The average Bonchev–Trinajstić information content (AvgIpc) is 3.21. The number of amides is 1. The van der Waals surface area contributed by atoms with Crippen LogP contribution in [0.1, 0.15) is 59.4 Å². The van der Waals surface area contributed by atoms with Crippen molar-refractivity contribution in [3.8, 4) is 0 Å². The first-order valence-corrected chi connectivity index (χ1v) is 10.1. The van der Waals surface area contributed by atoms with Crippen molar-refractivity contribution in [1.82, 2.24) is 5.32 Å². The Bertz CT molecular complexity index is 815. The highest BCUT2D eigenvalue weighted by Gasteiger charge is 2.25. The number of nitrogens with one attached hydrogen (secondary N) is 1. The second kappa shape index (κ2) is 8.95. The van der Waals surface area contributed by atoms with Gasteiger partial charge in [-0.2, -0.15) is 0 Å². The van der Waals surface area contributed by atoms with E-state index in [9.17, 15) is 14.4 Å². The summed E-state index contributed by atoms with van der Waals surface area (Å²) < 4.78 is 5.21. The third-order valence-corrected chi connectivity index (χ3v) is 5.63. The number of aryl methyl sites for hydroxylation is 1. The predicted molar refractivity (Wildman–Crippen MR) is 104 cm³/mol.